The van der Waals surface area contributed by atoms with Gasteiger partial charge in [-0.15, -0.1) is 0 Å². The van der Waals surface area contributed by atoms with Crippen LogP contribution in [0.4, 0.5) is 5.69 Å². The van der Waals surface area contributed by atoms with Crippen LogP contribution in [-0.2, 0) is 4.79 Å². The molecule has 2 unspecified atom stereocenters. The Morgan fingerprint density at radius 3 is 2.71 bits per heavy atom. The first-order chi connectivity index (χ1) is 10.2. The van der Waals surface area contributed by atoms with Gasteiger partial charge in [0, 0.05) is 31.9 Å². The highest BCUT2D eigenvalue weighted by molar-refractivity contribution is 5.79. The quantitative estimate of drug-likeness (QED) is 0.817. The van der Waals surface area contributed by atoms with Crippen molar-refractivity contribution >= 4 is 11.6 Å². The van der Waals surface area contributed by atoms with Crippen molar-refractivity contribution in [2.24, 2.45) is 11.7 Å². The topological polar surface area (TPSA) is 58.4 Å². The van der Waals surface area contributed by atoms with E-state index in [-0.39, 0.29) is 17.9 Å². The molecule has 0 saturated heterocycles. The Labute approximate surface area is 127 Å². The van der Waals surface area contributed by atoms with E-state index < -0.39 is 0 Å². The summed E-state index contributed by atoms with van der Waals surface area (Å²) in [7, 11) is 2.04. The average Bonchev–Trinajstić information content (AvgIpc) is 2.72. The lowest BCUT2D eigenvalue weighted by atomic mass is 9.94. The fourth-order valence-corrected chi connectivity index (χ4v) is 2.95. The second kappa shape index (κ2) is 8.03. The van der Waals surface area contributed by atoms with Crippen LogP contribution in [0.3, 0.4) is 0 Å². The van der Waals surface area contributed by atoms with Gasteiger partial charge in [0.2, 0.25) is 5.91 Å². The van der Waals surface area contributed by atoms with Gasteiger partial charge in [-0.3, -0.25) is 4.79 Å². The molecule has 4 heteroatoms. The predicted octanol–water partition coefficient (Wildman–Crippen LogP) is 2.15. The van der Waals surface area contributed by atoms with Gasteiger partial charge in [0.25, 0.3) is 0 Å². The summed E-state index contributed by atoms with van der Waals surface area (Å²) >= 11 is 0. The minimum Gasteiger partial charge on any atom is -0.373 e. The number of benzene rings is 1. The highest BCUT2D eigenvalue weighted by Gasteiger charge is 2.26. The molecule has 0 radical (unpaired) electrons. The van der Waals surface area contributed by atoms with Gasteiger partial charge in [0.15, 0.2) is 0 Å². The van der Waals surface area contributed by atoms with E-state index in [1.807, 2.05) is 25.2 Å². The van der Waals surface area contributed by atoms with Gasteiger partial charge in [-0.25, -0.2) is 0 Å². The van der Waals surface area contributed by atoms with Gasteiger partial charge in [-0.1, -0.05) is 37.5 Å². The molecule has 116 valence electrons. The SMILES string of the molecule is CN(CCNC(=O)C1CCCCCC1N)c1ccccc1. The van der Waals surface area contributed by atoms with Crippen LogP contribution in [0.2, 0.25) is 0 Å². The second-order valence-corrected chi connectivity index (χ2v) is 5.96. The zero-order chi connectivity index (χ0) is 15.1. The zero-order valence-electron chi connectivity index (χ0n) is 12.9. The molecule has 1 aliphatic rings. The van der Waals surface area contributed by atoms with Crippen molar-refractivity contribution in [1.82, 2.24) is 5.32 Å². The number of rotatable bonds is 5. The lowest BCUT2D eigenvalue weighted by Crippen LogP contribution is -2.43. The largest absolute Gasteiger partial charge is 0.373 e. The molecular formula is C17H27N3O. The second-order valence-electron chi connectivity index (χ2n) is 5.96. The highest BCUT2D eigenvalue weighted by atomic mass is 16.1. The summed E-state index contributed by atoms with van der Waals surface area (Å²) in [6, 6.07) is 10.2. The molecule has 1 aromatic carbocycles. The smallest absolute Gasteiger partial charge is 0.224 e. The molecule has 1 aliphatic carbocycles. The lowest BCUT2D eigenvalue weighted by Gasteiger charge is -2.23. The van der Waals surface area contributed by atoms with E-state index in [2.05, 4.69) is 22.3 Å². The van der Waals surface area contributed by atoms with Crippen LogP contribution in [0.25, 0.3) is 0 Å². The van der Waals surface area contributed by atoms with Crippen molar-refractivity contribution < 1.29 is 4.79 Å². The Bertz CT molecular complexity index is 435. The zero-order valence-corrected chi connectivity index (χ0v) is 12.9. The summed E-state index contributed by atoms with van der Waals surface area (Å²) in [6.45, 7) is 1.46. The highest BCUT2D eigenvalue weighted by Crippen LogP contribution is 2.22. The Hall–Kier alpha value is -1.55. The molecule has 3 N–H and O–H groups in total. The minimum absolute atomic E-state index is 0.00506. The van der Waals surface area contributed by atoms with Crippen LogP contribution in [-0.4, -0.2) is 32.1 Å². The number of likely N-dealkylation sites (N-methyl/N-ethyl adjacent to an activating group) is 1. The maximum atomic E-state index is 12.3. The van der Waals surface area contributed by atoms with Gasteiger partial charge in [-0.2, -0.15) is 0 Å². The third-order valence-electron chi connectivity index (χ3n) is 4.35. The number of amides is 1. The van der Waals surface area contributed by atoms with Crippen LogP contribution >= 0.6 is 0 Å². The number of nitrogens with one attached hydrogen (secondary N) is 1. The number of hydrogen-bond acceptors (Lipinski definition) is 3. The van der Waals surface area contributed by atoms with Crippen LogP contribution in [0.5, 0.6) is 0 Å². The molecule has 1 amide bonds. The van der Waals surface area contributed by atoms with E-state index >= 15 is 0 Å². The first-order valence-electron chi connectivity index (χ1n) is 7.98. The number of carbonyl (C=O) groups is 1. The van der Waals surface area contributed by atoms with Gasteiger partial charge < -0.3 is 16.0 Å². The van der Waals surface area contributed by atoms with E-state index in [0.29, 0.717) is 6.54 Å². The fourth-order valence-electron chi connectivity index (χ4n) is 2.95. The number of hydrogen-bond donors (Lipinski definition) is 2. The average molecular weight is 289 g/mol. The van der Waals surface area contributed by atoms with E-state index in [1.54, 1.807) is 0 Å². The fraction of sp³-hybridized carbons (Fsp3) is 0.588. The van der Waals surface area contributed by atoms with Gasteiger partial charge >= 0.3 is 0 Å². The molecule has 0 aromatic heterocycles. The summed E-state index contributed by atoms with van der Waals surface area (Å²) in [5.74, 6) is 0.125. The minimum atomic E-state index is -0.00506. The maximum absolute atomic E-state index is 12.3. The van der Waals surface area contributed by atoms with Gasteiger partial charge in [0.1, 0.15) is 0 Å². The molecule has 0 aliphatic heterocycles. The van der Waals surface area contributed by atoms with Crippen molar-refractivity contribution in [3.05, 3.63) is 30.3 Å². The van der Waals surface area contributed by atoms with Gasteiger partial charge in [-0.05, 0) is 25.0 Å². The van der Waals surface area contributed by atoms with Crippen molar-refractivity contribution in [2.75, 3.05) is 25.0 Å². The lowest BCUT2D eigenvalue weighted by molar-refractivity contribution is -0.125. The summed E-state index contributed by atoms with van der Waals surface area (Å²) in [4.78, 5) is 14.4. The van der Waals surface area contributed by atoms with E-state index in [0.717, 1.165) is 37.9 Å². The first-order valence-corrected chi connectivity index (χ1v) is 7.98. The van der Waals surface area contributed by atoms with Gasteiger partial charge in [0.05, 0.1) is 5.92 Å². The summed E-state index contributed by atoms with van der Waals surface area (Å²) in [6.07, 6.45) is 5.38. The number of nitrogens with two attached hydrogens (primary N) is 1. The van der Waals surface area contributed by atoms with Crippen molar-refractivity contribution in [1.29, 1.82) is 0 Å². The number of anilines is 1. The molecule has 1 aromatic rings. The molecule has 2 rings (SSSR count). The Morgan fingerprint density at radius 2 is 1.95 bits per heavy atom. The van der Waals surface area contributed by atoms with Crippen LogP contribution in [0.15, 0.2) is 30.3 Å². The number of para-hydroxylation sites is 1. The maximum Gasteiger partial charge on any atom is 0.224 e. The standard InChI is InChI=1S/C17H27N3O/c1-20(14-8-4-2-5-9-14)13-12-19-17(21)15-10-6-3-7-11-16(15)18/h2,4-5,8-9,15-16H,3,6-7,10-13,18H2,1H3,(H,19,21). The van der Waals surface area contributed by atoms with Crippen molar-refractivity contribution in [2.45, 2.75) is 38.1 Å². The normalized spacial score (nSPS) is 22.4. The van der Waals surface area contributed by atoms with E-state index in [9.17, 15) is 4.79 Å². The molecular weight excluding hydrogens is 262 g/mol. The summed E-state index contributed by atoms with van der Waals surface area (Å²) in [5.41, 5.74) is 7.30. The Kier molecular flexibility index (Phi) is 6.05. The molecule has 0 spiro atoms. The molecule has 4 nitrogen and oxygen atoms in total. The molecule has 0 bridgehead atoms. The summed E-state index contributed by atoms with van der Waals surface area (Å²) < 4.78 is 0. The molecule has 1 saturated carbocycles. The molecule has 2 atom stereocenters. The monoisotopic (exact) mass is 289 g/mol. The van der Waals surface area contributed by atoms with Crippen molar-refractivity contribution in [3.8, 4) is 0 Å². The number of carbonyl (C=O) groups excluding carboxylic acids is 1. The first kappa shape index (κ1) is 15.8. The van der Waals surface area contributed by atoms with Crippen LogP contribution in [0.1, 0.15) is 32.1 Å². The van der Waals surface area contributed by atoms with E-state index in [4.69, 9.17) is 5.73 Å². The Morgan fingerprint density at radius 1 is 1.24 bits per heavy atom. The van der Waals surface area contributed by atoms with Crippen LogP contribution < -0.4 is 16.0 Å². The van der Waals surface area contributed by atoms with Crippen molar-refractivity contribution in [3.63, 3.8) is 0 Å². The van der Waals surface area contributed by atoms with Crippen LogP contribution in [0, 0.1) is 5.92 Å². The predicted molar refractivity (Wildman–Crippen MR) is 87.3 cm³/mol. The molecule has 21 heavy (non-hydrogen) atoms. The Balaban J connectivity index is 1.76. The third kappa shape index (κ3) is 4.74. The van der Waals surface area contributed by atoms with E-state index in [1.165, 1.54) is 6.42 Å². The number of nitrogens with zero attached hydrogens (tertiary/aromatic N) is 1. The third-order valence-corrected chi connectivity index (χ3v) is 4.35. The summed E-state index contributed by atoms with van der Waals surface area (Å²) in [5, 5.41) is 3.05. The molecule has 0 heterocycles. The molecule has 1 fully saturated rings.